The molecule has 2 aromatic heterocycles. The topological polar surface area (TPSA) is 97.3 Å². The number of aromatic nitrogens is 4. The molecule has 2 N–H and O–H groups in total. The third-order valence-corrected chi connectivity index (χ3v) is 13.6. The first kappa shape index (κ1) is 29.9. The lowest BCUT2D eigenvalue weighted by Crippen LogP contribution is -2.68. The maximum absolute atomic E-state index is 7.39. The summed E-state index contributed by atoms with van der Waals surface area (Å²) in [5.41, 5.74) is 7.38. The van der Waals surface area contributed by atoms with Crippen molar-refractivity contribution in [3.05, 3.63) is 122 Å². The van der Waals surface area contributed by atoms with Crippen molar-refractivity contribution in [1.82, 2.24) is 19.5 Å². The molecule has 8 nitrogen and oxygen atoms in total. The molecular formula is C35H39N5O3Si. The number of ether oxygens (including phenoxy) is 2. The molecule has 44 heavy (non-hydrogen) atoms. The zero-order valence-electron chi connectivity index (χ0n) is 25.5. The fourth-order valence-electron chi connectivity index (χ4n) is 6.34. The Morgan fingerprint density at radius 3 is 2.16 bits per heavy atom. The quantitative estimate of drug-likeness (QED) is 0.168. The van der Waals surface area contributed by atoms with E-state index in [0.717, 1.165) is 5.56 Å². The molecule has 3 atom stereocenters. The molecule has 1 saturated heterocycles. The molecule has 0 spiro atoms. The maximum atomic E-state index is 7.39. The highest BCUT2D eigenvalue weighted by molar-refractivity contribution is 6.99. The van der Waals surface area contributed by atoms with Crippen LogP contribution < -0.4 is 16.1 Å². The molecule has 3 heterocycles. The third-order valence-electron chi connectivity index (χ3n) is 8.58. The largest absolute Gasteiger partial charge is 0.404 e. The van der Waals surface area contributed by atoms with Crippen LogP contribution in [0.25, 0.3) is 11.2 Å². The van der Waals surface area contributed by atoms with Gasteiger partial charge in [-0.3, -0.25) is 4.57 Å². The van der Waals surface area contributed by atoms with Crippen LogP contribution in [0.5, 0.6) is 0 Å². The van der Waals surface area contributed by atoms with Gasteiger partial charge in [0.05, 0.1) is 25.6 Å². The molecule has 0 amide bonds. The number of hydrogen-bond acceptors (Lipinski definition) is 7. The SMILES string of the molecule is C=CC1(CO[Si](c2ccccc2)(c2ccccc2)C(C)(C)C)OC(n2cnc3c(N)ncnc32)CC1OCc1ccccc1. The van der Waals surface area contributed by atoms with Crippen molar-refractivity contribution in [2.75, 3.05) is 12.3 Å². The summed E-state index contributed by atoms with van der Waals surface area (Å²) in [6.07, 6.45) is 4.75. The summed E-state index contributed by atoms with van der Waals surface area (Å²) in [4.78, 5) is 13.1. The highest BCUT2D eigenvalue weighted by Crippen LogP contribution is 2.44. The zero-order valence-corrected chi connectivity index (χ0v) is 26.5. The molecule has 0 aliphatic carbocycles. The molecule has 3 unspecified atom stereocenters. The van der Waals surface area contributed by atoms with E-state index < -0.39 is 20.1 Å². The molecule has 3 aromatic carbocycles. The molecule has 9 heteroatoms. The maximum Gasteiger partial charge on any atom is 0.261 e. The molecule has 0 radical (unpaired) electrons. The number of fused-ring (bicyclic) bond motifs is 1. The zero-order chi connectivity index (χ0) is 30.8. The summed E-state index contributed by atoms with van der Waals surface area (Å²) in [6.45, 7) is 11.8. The van der Waals surface area contributed by atoms with Crippen LogP contribution >= 0.6 is 0 Å². The van der Waals surface area contributed by atoms with E-state index in [0.29, 0.717) is 30.0 Å². The molecule has 1 aliphatic rings. The van der Waals surface area contributed by atoms with Crippen LogP contribution in [0.15, 0.2) is 116 Å². The van der Waals surface area contributed by atoms with Gasteiger partial charge in [-0.25, -0.2) is 15.0 Å². The van der Waals surface area contributed by atoms with E-state index in [2.05, 4.69) is 103 Å². The number of hydrogen-bond donors (Lipinski definition) is 1. The van der Waals surface area contributed by atoms with Crippen LogP contribution in [0, 0.1) is 0 Å². The number of imidazole rings is 1. The Labute approximate surface area is 259 Å². The molecule has 1 fully saturated rings. The second-order valence-corrected chi connectivity index (χ2v) is 16.6. The smallest absolute Gasteiger partial charge is 0.261 e. The summed E-state index contributed by atoms with van der Waals surface area (Å²) in [5.74, 6) is 0.327. The van der Waals surface area contributed by atoms with Crippen molar-refractivity contribution in [3.8, 4) is 0 Å². The fraction of sp³-hybridized carbons (Fsp3) is 0.286. The van der Waals surface area contributed by atoms with Crippen LogP contribution in [0.2, 0.25) is 5.04 Å². The van der Waals surface area contributed by atoms with Crippen molar-refractivity contribution >= 4 is 35.7 Å². The Morgan fingerprint density at radius 1 is 0.955 bits per heavy atom. The molecular weight excluding hydrogens is 567 g/mol. The fourth-order valence-corrected chi connectivity index (χ4v) is 10.9. The van der Waals surface area contributed by atoms with Gasteiger partial charge in [-0.2, -0.15) is 0 Å². The van der Waals surface area contributed by atoms with Crippen molar-refractivity contribution in [2.45, 2.75) is 56.8 Å². The highest BCUT2D eigenvalue weighted by Gasteiger charge is 2.55. The Morgan fingerprint density at radius 2 is 1.57 bits per heavy atom. The minimum atomic E-state index is -2.88. The number of benzene rings is 3. The first-order chi connectivity index (χ1) is 21.3. The Hall–Kier alpha value is -4.15. The van der Waals surface area contributed by atoms with E-state index in [-0.39, 0.29) is 17.7 Å². The Balaban J connectivity index is 1.40. The van der Waals surface area contributed by atoms with Gasteiger partial charge in [0.15, 0.2) is 11.5 Å². The summed E-state index contributed by atoms with van der Waals surface area (Å²) in [7, 11) is -2.88. The minimum absolute atomic E-state index is 0.203. The molecule has 1 aliphatic heterocycles. The summed E-state index contributed by atoms with van der Waals surface area (Å²) in [5, 5.41) is 2.19. The van der Waals surface area contributed by atoms with Gasteiger partial charge in [-0.05, 0) is 21.0 Å². The lowest BCUT2D eigenvalue weighted by Gasteiger charge is -2.45. The summed E-state index contributed by atoms with van der Waals surface area (Å²) < 4.78 is 22.9. The average molecular weight is 606 g/mol. The van der Waals surface area contributed by atoms with E-state index in [4.69, 9.17) is 19.6 Å². The first-order valence-electron chi connectivity index (χ1n) is 14.9. The van der Waals surface area contributed by atoms with Crippen LogP contribution in [0.1, 0.15) is 39.0 Å². The summed E-state index contributed by atoms with van der Waals surface area (Å²) >= 11 is 0. The van der Waals surface area contributed by atoms with Gasteiger partial charge in [-0.1, -0.05) is 118 Å². The van der Waals surface area contributed by atoms with Gasteiger partial charge in [0.25, 0.3) is 8.32 Å². The highest BCUT2D eigenvalue weighted by atomic mass is 28.4. The van der Waals surface area contributed by atoms with E-state index in [9.17, 15) is 0 Å². The van der Waals surface area contributed by atoms with Gasteiger partial charge < -0.3 is 19.6 Å². The molecule has 226 valence electrons. The lowest BCUT2D eigenvalue weighted by atomic mass is 9.97. The number of nitrogens with two attached hydrogens (primary N) is 1. The monoisotopic (exact) mass is 605 g/mol. The van der Waals surface area contributed by atoms with E-state index in [1.54, 1.807) is 6.33 Å². The van der Waals surface area contributed by atoms with E-state index in [1.165, 1.54) is 16.7 Å². The predicted octanol–water partition coefficient (Wildman–Crippen LogP) is 5.41. The normalized spacial score (nSPS) is 20.6. The first-order valence-corrected chi connectivity index (χ1v) is 16.8. The van der Waals surface area contributed by atoms with Crippen LogP contribution in [0.3, 0.4) is 0 Å². The molecule has 6 rings (SSSR count). The lowest BCUT2D eigenvalue weighted by molar-refractivity contribution is -0.110. The van der Waals surface area contributed by atoms with Crippen molar-refractivity contribution in [2.24, 2.45) is 0 Å². The van der Waals surface area contributed by atoms with Crippen LogP contribution in [-0.4, -0.2) is 46.1 Å². The Kier molecular flexibility index (Phi) is 8.21. The van der Waals surface area contributed by atoms with Crippen molar-refractivity contribution in [3.63, 3.8) is 0 Å². The van der Waals surface area contributed by atoms with Crippen LogP contribution in [0.4, 0.5) is 5.82 Å². The second-order valence-electron chi connectivity index (χ2n) is 12.3. The van der Waals surface area contributed by atoms with Gasteiger partial charge in [0, 0.05) is 6.42 Å². The van der Waals surface area contributed by atoms with E-state index >= 15 is 0 Å². The Bertz CT molecular complexity index is 1670. The van der Waals surface area contributed by atoms with Gasteiger partial charge in [0.2, 0.25) is 0 Å². The molecule has 0 bridgehead atoms. The number of anilines is 1. The third kappa shape index (κ3) is 5.37. The second kappa shape index (κ2) is 12.1. The van der Waals surface area contributed by atoms with Gasteiger partial charge >= 0.3 is 0 Å². The standard InChI is InChI=1S/C35H39N5O3Si/c1-5-35(23-42-44(34(2,3)4,27-17-11-7-12-18-27)28-19-13-8-14-20-28)29(41-22-26-15-9-6-10-16-26)21-30(43-35)40-25-39-31-32(36)37-24-38-33(31)40/h5-20,24-25,29-30H,1,21-23H2,2-4H3,(H2,36,37,38). The molecule has 5 aromatic rings. The number of rotatable bonds is 10. The van der Waals surface area contributed by atoms with Crippen molar-refractivity contribution in [1.29, 1.82) is 0 Å². The minimum Gasteiger partial charge on any atom is -0.404 e. The number of nitrogen functional groups attached to an aromatic ring is 1. The van der Waals surface area contributed by atoms with E-state index in [1.807, 2.05) is 41.0 Å². The number of nitrogens with zero attached hydrogens (tertiary/aromatic N) is 4. The average Bonchev–Trinajstić information content (AvgIpc) is 3.64. The summed E-state index contributed by atoms with van der Waals surface area (Å²) in [6, 6.07) is 31.4. The van der Waals surface area contributed by atoms with Gasteiger partial charge in [-0.15, -0.1) is 6.58 Å². The molecule has 0 saturated carbocycles. The van der Waals surface area contributed by atoms with Crippen LogP contribution in [-0.2, 0) is 20.5 Å². The predicted molar refractivity (Wildman–Crippen MR) is 176 cm³/mol. The van der Waals surface area contributed by atoms with Gasteiger partial charge in [0.1, 0.15) is 23.7 Å². The van der Waals surface area contributed by atoms with Crippen molar-refractivity contribution < 1.29 is 13.9 Å².